The van der Waals surface area contributed by atoms with Crippen LogP contribution in [-0.2, 0) is 6.54 Å². The van der Waals surface area contributed by atoms with E-state index in [9.17, 15) is 0 Å². The molecule has 0 radical (unpaired) electrons. The van der Waals surface area contributed by atoms with E-state index in [1.807, 2.05) is 7.05 Å². The van der Waals surface area contributed by atoms with Gasteiger partial charge >= 0.3 is 0 Å². The lowest BCUT2D eigenvalue weighted by Gasteiger charge is -2.09. The standard InChI is InChI=1S/C18H18N2/c1-19-17-8-4-5-14(11-17)13-20-18-10-9-15-6-2-3-7-16(15)12-18/h2-12,19-20H,13H2,1H3. The van der Waals surface area contributed by atoms with Crippen molar-refractivity contribution in [2.24, 2.45) is 0 Å². The van der Waals surface area contributed by atoms with Gasteiger partial charge in [-0.3, -0.25) is 0 Å². The predicted molar refractivity (Wildman–Crippen MR) is 87.3 cm³/mol. The lowest BCUT2D eigenvalue weighted by Crippen LogP contribution is -2.00. The van der Waals surface area contributed by atoms with Crippen LogP contribution in [0, 0.1) is 0 Å². The Hall–Kier alpha value is -2.48. The lowest BCUT2D eigenvalue weighted by molar-refractivity contribution is 1.15. The maximum absolute atomic E-state index is 3.48. The third-order valence-electron chi connectivity index (χ3n) is 3.46. The van der Waals surface area contributed by atoms with Crippen molar-refractivity contribution in [3.63, 3.8) is 0 Å². The molecule has 0 bridgehead atoms. The van der Waals surface area contributed by atoms with Gasteiger partial charge in [0.05, 0.1) is 0 Å². The van der Waals surface area contributed by atoms with Crippen LogP contribution in [-0.4, -0.2) is 7.05 Å². The summed E-state index contributed by atoms with van der Waals surface area (Å²) >= 11 is 0. The van der Waals surface area contributed by atoms with Crippen molar-refractivity contribution in [2.45, 2.75) is 6.54 Å². The Balaban J connectivity index is 1.76. The van der Waals surface area contributed by atoms with Crippen molar-refractivity contribution < 1.29 is 0 Å². The molecule has 3 aromatic rings. The minimum absolute atomic E-state index is 0.827. The Kier molecular flexibility index (Phi) is 3.55. The average Bonchev–Trinajstić information content (AvgIpc) is 2.53. The molecule has 3 aromatic carbocycles. The molecule has 0 unspecified atom stereocenters. The van der Waals surface area contributed by atoms with Crippen LogP contribution < -0.4 is 10.6 Å². The summed E-state index contributed by atoms with van der Waals surface area (Å²) < 4.78 is 0. The molecule has 2 heteroatoms. The van der Waals surface area contributed by atoms with Crippen molar-refractivity contribution in [1.29, 1.82) is 0 Å². The van der Waals surface area contributed by atoms with E-state index in [4.69, 9.17) is 0 Å². The van der Waals surface area contributed by atoms with Crippen molar-refractivity contribution in [3.8, 4) is 0 Å². The minimum Gasteiger partial charge on any atom is -0.388 e. The van der Waals surface area contributed by atoms with Crippen LogP contribution in [0.5, 0.6) is 0 Å². The molecule has 0 heterocycles. The summed E-state index contributed by atoms with van der Waals surface area (Å²) in [5.41, 5.74) is 3.56. The fraction of sp³-hybridized carbons (Fsp3) is 0.111. The summed E-state index contributed by atoms with van der Waals surface area (Å²) in [5.74, 6) is 0. The van der Waals surface area contributed by atoms with Crippen LogP contribution in [0.15, 0.2) is 66.7 Å². The van der Waals surface area contributed by atoms with Crippen LogP contribution in [0.3, 0.4) is 0 Å². The van der Waals surface area contributed by atoms with Gasteiger partial charge in [0.2, 0.25) is 0 Å². The molecule has 20 heavy (non-hydrogen) atoms. The molecular formula is C18H18N2. The van der Waals surface area contributed by atoms with E-state index in [1.54, 1.807) is 0 Å². The highest BCUT2D eigenvalue weighted by atomic mass is 14.9. The van der Waals surface area contributed by atoms with Gasteiger partial charge in [0.25, 0.3) is 0 Å². The second-order valence-electron chi connectivity index (χ2n) is 4.87. The predicted octanol–water partition coefficient (Wildman–Crippen LogP) is 4.49. The van der Waals surface area contributed by atoms with Crippen LogP contribution in [0.4, 0.5) is 11.4 Å². The van der Waals surface area contributed by atoms with E-state index >= 15 is 0 Å². The van der Waals surface area contributed by atoms with Gasteiger partial charge in [-0.25, -0.2) is 0 Å². The number of hydrogen-bond donors (Lipinski definition) is 2. The second kappa shape index (κ2) is 5.66. The molecule has 0 fully saturated rings. The zero-order chi connectivity index (χ0) is 13.8. The Labute approximate surface area is 119 Å². The molecule has 0 aliphatic rings. The van der Waals surface area contributed by atoms with Gasteiger partial charge in [0.15, 0.2) is 0 Å². The molecule has 100 valence electrons. The number of benzene rings is 3. The second-order valence-corrected chi connectivity index (χ2v) is 4.87. The summed E-state index contributed by atoms with van der Waals surface area (Å²) in [4.78, 5) is 0. The molecule has 2 nitrogen and oxygen atoms in total. The highest BCUT2D eigenvalue weighted by Gasteiger charge is 1.97. The molecule has 0 atom stereocenters. The van der Waals surface area contributed by atoms with Gasteiger partial charge in [-0.05, 0) is 40.6 Å². The monoisotopic (exact) mass is 262 g/mol. The summed E-state index contributed by atoms with van der Waals surface area (Å²) in [6, 6.07) is 23.3. The van der Waals surface area contributed by atoms with Gasteiger partial charge < -0.3 is 10.6 Å². The van der Waals surface area contributed by atoms with Crippen LogP contribution in [0.1, 0.15) is 5.56 Å². The quantitative estimate of drug-likeness (QED) is 0.723. The molecule has 0 spiro atoms. The third kappa shape index (κ3) is 2.75. The van der Waals surface area contributed by atoms with E-state index in [-0.39, 0.29) is 0 Å². The van der Waals surface area contributed by atoms with E-state index in [2.05, 4.69) is 77.4 Å². The largest absolute Gasteiger partial charge is 0.388 e. The van der Waals surface area contributed by atoms with Crippen molar-refractivity contribution in [3.05, 3.63) is 72.3 Å². The van der Waals surface area contributed by atoms with E-state index in [0.717, 1.165) is 17.9 Å². The molecule has 3 rings (SSSR count). The highest BCUT2D eigenvalue weighted by molar-refractivity contribution is 5.85. The number of anilines is 2. The topological polar surface area (TPSA) is 24.1 Å². The first kappa shape index (κ1) is 12.5. The van der Waals surface area contributed by atoms with Crippen LogP contribution in [0.25, 0.3) is 10.8 Å². The molecule has 0 aliphatic heterocycles. The molecule has 0 aliphatic carbocycles. The molecular weight excluding hydrogens is 244 g/mol. The molecule has 2 N–H and O–H groups in total. The summed E-state index contributed by atoms with van der Waals surface area (Å²) in [7, 11) is 1.94. The summed E-state index contributed by atoms with van der Waals surface area (Å²) in [6.45, 7) is 0.827. The molecule has 0 saturated carbocycles. The summed E-state index contributed by atoms with van der Waals surface area (Å²) in [5, 5.41) is 9.18. The van der Waals surface area contributed by atoms with Gasteiger partial charge in [-0.2, -0.15) is 0 Å². The average molecular weight is 262 g/mol. The first-order chi connectivity index (χ1) is 9.85. The van der Waals surface area contributed by atoms with Gasteiger partial charge in [-0.1, -0.05) is 42.5 Å². The zero-order valence-corrected chi connectivity index (χ0v) is 11.6. The Morgan fingerprint density at radius 1 is 0.750 bits per heavy atom. The Morgan fingerprint density at radius 2 is 1.60 bits per heavy atom. The first-order valence-corrected chi connectivity index (χ1v) is 6.84. The number of fused-ring (bicyclic) bond motifs is 1. The highest BCUT2D eigenvalue weighted by Crippen LogP contribution is 2.19. The number of nitrogens with one attached hydrogen (secondary N) is 2. The Bertz CT molecular complexity index is 719. The number of hydrogen-bond acceptors (Lipinski definition) is 2. The van der Waals surface area contributed by atoms with Crippen molar-refractivity contribution in [2.75, 3.05) is 17.7 Å². The molecule has 0 saturated heterocycles. The normalized spacial score (nSPS) is 10.4. The Morgan fingerprint density at radius 3 is 2.45 bits per heavy atom. The summed E-state index contributed by atoms with van der Waals surface area (Å²) in [6.07, 6.45) is 0. The first-order valence-electron chi connectivity index (χ1n) is 6.84. The van der Waals surface area contributed by atoms with Crippen molar-refractivity contribution >= 4 is 22.1 Å². The van der Waals surface area contributed by atoms with Gasteiger partial charge in [0.1, 0.15) is 0 Å². The van der Waals surface area contributed by atoms with Crippen LogP contribution in [0.2, 0.25) is 0 Å². The minimum atomic E-state index is 0.827. The maximum Gasteiger partial charge on any atom is 0.0401 e. The fourth-order valence-electron chi connectivity index (χ4n) is 2.34. The maximum atomic E-state index is 3.48. The third-order valence-corrected chi connectivity index (χ3v) is 3.46. The van der Waals surface area contributed by atoms with Gasteiger partial charge in [0, 0.05) is 25.0 Å². The van der Waals surface area contributed by atoms with Gasteiger partial charge in [-0.15, -0.1) is 0 Å². The van der Waals surface area contributed by atoms with Crippen molar-refractivity contribution in [1.82, 2.24) is 0 Å². The smallest absolute Gasteiger partial charge is 0.0401 e. The SMILES string of the molecule is CNc1cccc(CNc2ccc3ccccc3c2)c1. The fourth-order valence-corrected chi connectivity index (χ4v) is 2.34. The molecule has 0 aromatic heterocycles. The number of rotatable bonds is 4. The molecule has 0 amide bonds. The zero-order valence-electron chi connectivity index (χ0n) is 11.6. The van der Waals surface area contributed by atoms with E-state index < -0.39 is 0 Å². The van der Waals surface area contributed by atoms with Crippen LogP contribution >= 0.6 is 0 Å². The van der Waals surface area contributed by atoms with E-state index in [0.29, 0.717) is 0 Å². The van der Waals surface area contributed by atoms with E-state index in [1.165, 1.54) is 16.3 Å². The lowest BCUT2D eigenvalue weighted by atomic mass is 10.1.